The minimum Gasteiger partial charge on any atom is -0.504 e. The molecule has 3 aromatic rings. The second-order valence-corrected chi connectivity index (χ2v) is 6.68. The maximum Gasteiger partial charge on any atom is 0.271 e. The highest BCUT2D eigenvalue weighted by atomic mass is 16.5. The smallest absolute Gasteiger partial charge is 0.271 e. The average Bonchev–Trinajstić information content (AvgIpc) is 3.07. The van der Waals surface area contributed by atoms with Crippen LogP contribution in [0.1, 0.15) is 40.0 Å². The molecule has 2 aromatic carbocycles. The Hall–Kier alpha value is -3.28. The Morgan fingerprint density at radius 2 is 2.07 bits per heavy atom. The summed E-state index contributed by atoms with van der Waals surface area (Å²) < 4.78 is 5.06. The van der Waals surface area contributed by atoms with Crippen LogP contribution in [0.5, 0.6) is 11.5 Å². The van der Waals surface area contributed by atoms with Crippen molar-refractivity contribution in [1.82, 2.24) is 10.4 Å². The normalized spacial score (nSPS) is 13.7. The summed E-state index contributed by atoms with van der Waals surface area (Å²) in [6.07, 6.45) is 6.05. The molecule has 6 nitrogen and oxygen atoms in total. The lowest BCUT2D eigenvalue weighted by Gasteiger charge is -2.10. The summed E-state index contributed by atoms with van der Waals surface area (Å²) in [5, 5.41) is 14.7. The lowest BCUT2D eigenvalue weighted by Crippen LogP contribution is -2.17. The number of carbonyl (C=O) groups is 1. The third-order valence-electron chi connectivity index (χ3n) is 4.94. The number of hydrazone groups is 1. The van der Waals surface area contributed by atoms with Gasteiger partial charge in [-0.05, 0) is 73.2 Å². The van der Waals surface area contributed by atoms with E-state index in [1.807, 2.05) is 12.1 Å². The third-order valence-corrected chi connectivity index (χ3v) is 4.94. The fourth-order valence-corrected chi connectivity index (χ4v) is 3.55. The molecule has 6 heteroatoms. The molecule has 1 heterocycles. The first-order chi connectivity index (χ1) is 13.2. The molecule has 1 aromatic heterocycles. The molecular formula is C21H21N3O3. The Kier molecular flexibility index (Phi) is 4.54. The number of ether oxygens (including phenoxy) is 1. The number of fused-ring (bicyclic) bond motifs is 3. The molecule has 0 radical (unpaired) electrons. The largest absolute Gasteiger partial charge is 0.504 e. The van der Waals surface area contributed by atoms with Crippen LogP contribution in [0.4, 0.5) is 0 Å². The van der Waals surface area contributed by atoms with Gasteiger partial charge in [0.1, 0.15) is 0 Å². The first kappa shape index (κ1) is 17.1. The van der Waals surface area contributed by atoms with Crippen molar-refractivity contribution in [1.29, 1.82) is 0 Å². The van der Waals surface area contributed by atoms with Crippen LogP contribution >= 0.6 is 0 Å². The zero-order valence-corrected chi connectivity index (χ0v) is 15.1. The monoisotopic (exact) mass is 363 g/mol. The van der Waals surface area contributed by atoms with Crippen LogP contribution in [0.3, 0.4) is 0 Å². The molecule has 0 fully saturated rings. The van der Waals surface area contributed by atoms with E-state index in [1.165, 1.54) is 43.5 Å². The topological polar surface area (TPSA) is 86.7 Å². The zero-order chi connectivity index (χ0) is 18.8. The van der Waals surface area contributed by atoms with Crippen LogP contribution in [0, 0.1) is 0 Å². The number of hydrogen-bond acceptors (Lipinski definition) is 4. The van der Waals surface area contributed by atoms with Gasteiger partial charge < -0.3 is 14.8 Å². The first-order valence-corrected chi connectivity index (χ1v) is 8.99. The van der Waals surface area contributed by atoms with Crippen LogP contribution < -0.4 is 10.2 Å². The summed E-state index contributed by atoms with van der Waals surface area (Å²) in [6.45, 7) is 0. The predicted molar refractivity (Wildman–Crippen MR) is 105 cm³/mol. The quantitative estimate of drug-likeness (QED) is 0.490. The van der Waals surface area contributed by atoms with Gasteiger partial charge >= 0.3 is 0 Å². The molecule has 0 saturated carbocycles. The van der Waals surface area contributed by atoms with Crippen molar-refractivity contribution < 1.29 is 14.6 Å². The number of amides is 1. The molecule has 0 bridgehead atoms. The minimum atomic E-state index is -0.260. The van der Waals surface area contributed by atoms with Crippen LogP contribution in [0.2, 0.25) is 0 Å². The molecule has 1 aliphatic rings. The van der Waals surface area contributed by atoms with Gasteiger partial charge in [0.25, 0.3) is 5.91 Å². The maximum absolute atomic E-state index is 12.4. The second-order valence-electron chi connectivity index (χ2n) is 6.68. The highest BCUT2D eigenvalue weighted by Gasteiger charge is 2.16. The number of aromatic amines is 1. The molecular weight excluding hydrogens is 342 g/mol. The van der Waals surface area contributed by atoms with Crippen molar-refractivity contribution in [3.05, 3.63) is 58.8 Å². The van der Waals surface area contributed by atoms with Gasteiger partial charge in [-0.25, -0.2) is 5.43 Å². The fourth-order valence-electron chi connectivity index (χ4n) is 3.55. The maximum atomic E-state index is 12.4. The van der Waals surface area contributed by atoms with E-state index in [9.17, 15) is 9.90 Å². The summed E-state index contributed by atoms with van der Waals surface area (Å²) in [5.74, 6) is 0.152. The van der Waals surface area contributed by atoms with Gasteiger partial charge in [-0.15, -0.1) is 0 Å². The lowest BCUT2D eigenvalue weighted by atomic mass is 9.95. The number of phenolic OH excluding ortho intramolecular Hbond substituents is 1. The van der Waals surface area contributed by atoms with Gasteiger partial charge in [-0.1, -0.05) is 0 Å². The van der Waals surface area contributed by atoms with Crippen LogP contribution in [-0.2, 0) is 12.8 Å². The fraction of sp³-hybridized carbons (Fsp3) is 0.238. The van der Waals surface area contributed by atoms with Crippen molar-refractivity contribution in [3.63, 3.8) is 0 Å². The lowest BCUT2D eigenvalue weighted by molar-refractivity contribution is 0.0955. The van der Waals surface area contributed by atoms with Gasteiger partial charge in [0.15, 0.2) is 11.5 Å². The number of nitrogens with one attached hydrogen (secondary N) is 2. The van der Waals surface area contributed by atoms with Crippen LogP contribution in [0.25, 0.3) is 10.9 Å². The Morgan fingerprint density at radius 3 is 2.93 bits per heavy atom. The molecule has 138 valence electrons. The summed E-state index contributed by atoms with van der Waals surface area (Å²) >= 11 is 0. The molecule has 27 heavy (non-hydrogen) atoms. The number of aromatic hydroxyl groups is 1. The highest BCUT2D eigenvalue weighted by molar-refractivity contribution is 5.99. The van der Waals surface area contributed by atoms with E-state index in [4.69, 9.17) is 4.74 Å². The SMILES string of the molecule is COc1cc(/C=N\NC(=O)c2ccc3[nH]c4c(c3c2)CCCC4)ccc1O. The predicted octanol–water partition coefficient (Wildman–Crippen LogP) is 3.52. The first-order valence-electron chi connectivity index (χ1n) is 8.99. The Labute approximate surface area is 156 Å². The van der Waals surface area contributed by atoms with E-state index in [-0.39, 0.29) is 11.7 Å². The van der Waals surface area contributed by atoms with Crippen LogP contribution in [-0.4, -0.2) is 29.3 Å². The Balaban J connectivity index is 1.51. The number of methoxy groups -OCH3 is 1. The van der Waals surface area contributed by atoms with E-state index in [0.29, 0.717) is 16.9 Å². The number of aryl methyl sites for hydroxylation is 2. The molecule has 0 aliphatic heterocycles. The molecule has 0 saturated heterocycles. The molecule has 0 spiro atoms. The second kappa shape index (κ2) is 7.15. The minimum absolute atomic E-state index is 0.0572. The van der Waals surface area contributed by atoms with Gasteiger partial charge in [0.05, 0.1) is 13.3 Å². The van der Waals surface area contributed by atoms with E-state index in [1.54, 1.807) is 18.2 Å². The number of rotatable bonds is 4. The average molecular weight is 363 g/mol. The third kappa shape index (κ3) is 3.38. The highest BCUT2D eigenvalue weighted by Crippen LogP contribution is 2.29. The van der Waals surface area contributed by atoms with E-state index < -0.39 is 0 Å². The number of benzene rings is 2. The van der Waals surface area contributed by atoms with Gasteiger partial charge in [0, 0.05) is 22.2 Å². The summed E-state index contributed by atoms with van der Waals surface area (Å²) in [7, 11) is 1.48. The number of aromatic nitrogens is 1. The zero-order valence-electron chi connectivity index (χ0n) is 15.1. The number of hydrogen-bond donors (Lipinski definition) is 3. The molecule has 1 amide bonds. The van der Waals surface area contributed by atoms with Gasteiger partial charge in [-0.2, -0.15) is 5.10 Å². The summed E-state index contributed by atoms with van der Waals surface area (Å²) in [5.41, 5.74) is 7.56. The standard InChI is InChI=1S/C21H21N3O3/c1-27-20-10-13(6-9-19(20)25)12-22-24-21(26)14-7-8-18-16(11-14)15-4-2-3-5-17(15)23-18/h6-12,23,25H,2-5H2,1H3,(H,24,26)/b22-12-. The van der Waals surface area contributed by atoms with E-state index >= 15 is 0 Å². The molecule has 0 unspecified atom stereocenters. The molecule has 1 aliphatic carbocycles. The van der Waals surface area contributed by atoms with E-state index in [2.05, 4.69) is 15.5 Å². The summed E-state index contributed by atoms with van der Waals surface area (Å²) in [6, 6.07) is 10.5. The molecule has 3 N–H and O–H groups in total. The Morgan fingerprint density at radius 1 is 1.22 bits per heavy atom. The van der Waals surface area contributed by atoms with Crippen molar-refractivity contribution in [2.45, 2.75) is 25.7 Å². The number of nitrogens with zero attached hydrogens (tertiary/aromatic N) is 1. The van der Waals surface area contributed by atoms with Gasteiger partial charge in [0.2, 0.25) is 0 Å². The van der Waals surface area contributed by atoms with Crippen LogP contribution in [0.15, 0.2) is 41.5 Å². The number of phenols is 1. The summed E-state index contributed by atoms with van der Waals surface area (Å²) in [4.78, 5) is 15.9. The van der Waals surface area contributed by atoms with E-state index in [0.717, 1.165) is 23.7 Å². The Bertz CT molecular complexity index is 1040. The van der Waals surface area contributed by atoms with Crippen molar-refractivity contribution >= 4 is 23.0 Å². The van der Waals surface area contributed by atoms with Crippen molar-refractivity contribution in [2.24, 2.45) is 5.10 Å². The number of carbonyl (C=O) groups excluding carboxylic acids is 1. The number of H-pyrrole nitrogens is 1. The molecule has 4 rings (SSSR count). The van der Waals surface area contributed by atoms with Crippen molar-refractivity contribution in [2.75, 3.05) is 7.11 Å². The van der Waals surface area contributed by atoms with Gasteiger partial charge in [-0.3, -0.25) is 4.79 Å². The van der Waals surface area contributed by atoms with Crippen molar-refractivity contribution in [3.8, 4) is 11.5 Å². The molecule has 0 atom stereocenters.